The van der Waals surface area contributed by atoms with Gasteiger partial charge < -0.3 is 14.4 Å². The maximum Gasteiger partial charge on any atom is 0.245 e. The highest BCUT2D eigenvalue weighted by atomic mass is 16.2. The molecule has 0 N–H and O–H groups in total. The molecule has 2 amide bonds. The number of nitrogens with zero attached hydrogens (tertiary/aromatic N) is 5. The van der Waals surface area contributed by atoms with Crippen LogP contribution in [-0.4, -0.2) is 49.0 Å². The van der Waals surface area contributed by atoms with E-state index in [4.69, 9.17) is 0 Å². The molecule has 7 nitrogen and oxygen atoms in total. The number of aromatic nitrogens is 3. The molecule has 2 aromatic rings. The SMILES string of the molecule is CCn1cnnc1CN1C(=O)CN(Cc2ccccc2)C(=O)[C@@H]1C. The molecule has 0 unspecified atom stereocenters. The predicted octanol–water partition coefficient (Wildman–Crippen LogP) is 1.06. The van der Waals surface area contributed by atoms with Gasteiger partial charge in [-0.15, -0.1) is 10.2 Å². The van der Waals surface area contributed by atoms with Gasteiger partial charge in [0.15, 0.2) is 5.82 Å². The van der Waals surface area contributed by atoms with Crippen molar-refractivity contribution in [1.82, 2.24) is 24.6 Å². The third-order valence-electron chi connectivity index (χ3n) is 4.35. The Morgan fingerprint density at radius 3 is 2.62 bits per heavy atom. The molecule has 1 aliphatic rings. The Kier molecular flexibility index (Phi) is 4.59. The van der Waals surface area contributed by atoms with Gasteiger partial charge >= 0.3 is 0 Å². The molecule has 1 saturated heterocycles. The third kappa shape index (κ3) is 3.15. The highest BCUT2D eigenvalue weighted by molar-refractivity contribution is 5.94. The van der Waals surface area contributed by atoms with Crippen molar-refractivity contribution < 1.29 is 9.59 Å². The standard InChI is InChI=1S/C17H21N5O2/c1-3-20-12-18-19-15(20)10-22-13(2)17(24)21(11-16(22)23)9-14-7-5-4-6-8-14/h4-8,12-13H,3,9-11H2,1-2H3/t13-/m0/s1. The van der Waals surface area contributed by atoms with Gasteiger partial charge in [0, 0.05) is 13.1 Å². The summed E-state index contributed by atoms with van der Waals surface area (Å²) < 4.78 is 1.88. The number of amides is 2. The Balaban J connectivity index is 1.72. The Bertz CT molecular complexity index is 728. The number of aryl methyl sites for hydroxylation is 1. The average molecular weight is 327 g/mol. The van der Waals surface area contributed by atoms with Crippen molar-refractivity contribution in [2.45, 2.75) is 39.5 Å². The smallest absolute Gasteiger partial charge is 0.245 e. The zero-order valence-electron chi connectivity index (χ0n) is 13.9. The van der Waals surface area contributed by atoms with Crippen LogP contribution in [0.1, 0.15) is 25.2 Å². The molecule has 0 aliphatic carbocycles. The maximum atomic E-state index is 12.7. The van der Waals surface area contributed by atoms with Crippen LogP contribution in [0.5, 0.6) is 0 Å². The molecular formula is C17H21N5O2. The van der Waals surface area contributed by atoms with Gasteiger partial charge in [-0.05, 0) is 19.4 Å². The molecule has 1 fully saturated rings. The van der Waals surface area contributed by atoms with Crippen LogP contribution < -0.4 is 0 Å². The Hall–Kier alpha value is -2.70. The molecule has 1 atom stereocenters. The molecule has 0 spiro atoms. The van der Waals surface area contributed by atoms with Crippen LogP contribution in [0.3, 0.4) is 0 Å². The van der Waals surface area contributed by atoms with Gasteiger partial charge in [-0.25, -0.2) is 0 Å². The van der Waals surface area contributed by atoms with Gasteiger partial charge in [-0.3, -0.25) is 9.59 Å². The topological polar surface area (TPSA) is 71.3 Å². The number of hydrogen-bond donors (Lipinski definition) is 0. The minimum Gasteiger partial charge on any atom is -0.327 e. The van der Waals surface area contributed by atoms with Crippen molar-refractivity contribution >= 4 is 11.8 Å². The fourth-order valence-electron chi connectivity index (χ4n) is 2.93. The van der Waals surface area contributed by atoms with E-state index in [0.717, 1.165) is 12.1 Å². The highest BCUT2D eigenvalue weighted by Gasteiger charge is 2.37. The van der Waals surface area contributed by atoms with Crippen LogP contribution in [0, 0.1) is 0 Å². The molecule has 7 heteroatoms. The van der Waals surface area contributed by atoms with Crippen molar-refractivity contribution in [1.29, 1.82) is 0 Å². The number of benzene rings is 1. The van der Waals surface area contributed by atoms with Crippen molar-refractivity contribution in [3.05, 3.63) is 48.0 Å². The molecule has 1 aromatic heterocycles. The number of carbonyl (C=O) groups is 2. The Labute approximate surface area is 140 Å². The van der Waals surface area contributed by atoms with E-state index in [1.165, 1.54) is 0 Å². The monoisotopic (exact) mass is 327 g/mol. The highest BCUT2D eigenvalue weighted by Crippen LogP contribution is 2.17. The zero-order valence-corrected chi connectivity index (χ0v) is 13.9. The fraction of sp³-hybridized carbons (Fsp3) is 0.412. The van der Waals surface area contributed by atoms with Crippen molar-refractivity contribution in [3.63, 3.8) is 0 Å². The number of piperazine rings is 1. The second-order valence-corrected chi connectivity index (χ2v) is 5.91. The molecule has 0 radical (unpaired) electrons. The lowest BCUT2D eigenvalue weighted by molar-refractivity contribution is -0.156. The van der Waals surface area contributed by atoms with Gasteiger partial charge in [0.2, 0.25) is 11.8 Å². The van der Waals surface area contributed by atoms with Crippen LogP contribution in [0.15, 0.2) is 36.7 Å². The van der Waals surface area contributed by atoms with E-state index in [1.54, 1.807) is 23.1 Å². The number of carbonyl (C=O) groups excluding carboxylic acids is 2. The van der Waals surface area contributed by atoms with E-state index in [9.17, 15) is 9.59 Å². The molecule has 2 heterocycles. The summed E-state index contributed by atoms with van der Waals surface area (Å²) >= 11 is 0. The maximum absolute atomic E-state index is 12.7. The van der Waals surface area contributed by atoms with E-state index in [2.05, 4.69) is 10.2 Å². The van der Waals surface area contributed by atoms with Gasteiger partial charge in [-0.1, -0.05) is 30.3 Å². The summed E-state index contributed by atoms with van der Waals surface area (Å²) in [5.74, 6) is 0.590. The lowest BCUT2D eigenvalue weighted by Crippen LogP contribution is -2.58. The summed E-state index contributed by atoms with van der Waals surface area (Å²) in [7, 11) is 0. The van der Waals surface area contributed by atoms with Crippen molar-refractivity contribution in [2.75, 3.05) is 6.54 Å². The first kappa shape index (κ1) is 16.2. The van der Waals surface area contributed by atoms with E-state index in [0.29, 0.717) is 18.9 Å². The van der Waals surface area contributed by atoms with E-state index in [-0.39, 0.29) is 18.4 Å². The van der Waals surface area contributed by atoms with Gasteiger partial charge in [0.1, 0.15) is 18.9 Å². The molecule has 1 aromatic carbocycles. The molecule has 1 aliphatic heterocycles. The first-order valence-corrected chi connectivity index (χ1v) is 8.09. The minimum absolute atomic E-state index is 0.0407. The second-order valence-electron chi connectivity index (χ2n) is 5.91. The van der Waals surface area contributed by atoms with E-state index in [1.807, 2.05) is 41.8 Å². The molecule has 24 heavy (non-hydrogen) atoms. The number of hydrogen-bond acceptors (Lipinski definition) is 4. The summed E-state index contributed by atoms with van der Waals surface area (Å²) in [5.41, 5.74) is 1.02. The predicted molar refractivity (Wildman–Crippen MR) is 87.6 cm³/mol. The second kappa shape index (κ2) is 6.82. The molecule has 126 valence electrons. The zero-order chi connectivity index (χ0) is 17.1. The summed E-state index contributed by atoms with van der Waals surface area (Å²) in [6, 6.07) is 9.20. The molecule has 0 saturated carbocycles. The third-order valence-corrected chi connectivity index (χ3v) is 4.35. The van der Waals surface area contributed by atoms with Crippen molar-refractivity contribution in [2.24, 2.45) is 0 Å². The van der Waals surface area contributed by atoms with E-state index >= 15 is 0 Å². The molecular weight excluding hydrogens is 306 g/mol. The first-order chi connectivity index (χ1) is 11.6. The van der Waals surface area contributed by atoms with Crippen molar-refractivity contribution in [3.8, 4) is 0 Å². The summed E-state index contributed by atoms with van der Waals surface area (Å²) in [5, 5.41) is 7.93. The van der Waals surface area contributed by atoms with Gasteiger partial charge in [-0.2, -0.15) is 0 Å². The lowest BCUT2D eigenvalue weighted by atomic mass is 10.1. The summed E-state index contributed by atoms with van der Waals surface area (Å²) in [4.78, 5) is 28.4. The van der Waals surface area contributed by atoms with Crippen LogP contribution in [-0.2, 0) is 29.2 Å². The Morgan fingerprint density at radius 1 is 1.17 bits per heavy atom. The Morgan fingerprint density at radius 2 is 1.92 bits per heavy atom. The normalized spacial score (nSPS) is 18.3. The largest absolute Gasteiger partial charge is 0.327 e. The number of rotatable bonds is 5. The average Bonchev–Trinajstić information content (AvgIpc) is 3.04. The summed E-state index contributed by atoms with van der Waals surface area (Å²) in [6.45, 7) is 5.34. The van der Waals surface area contributed by atoms with Crippen LogP contribution in [0.25, 0.3) is 0 Å². The summed E-state index contributed by atoms with van der Waals surface area (Å²) in [6.07, 6.45) is 1.64. The minimum atomic E-state index is -0.503. The molecule has 0 bridgehead atoms. The fourth-order valence-corrected chi connectivity index (χ4v) is 2.93. The van der Waals surface area contributed by atoms with Crippen LogP contribution in [0.4, 0.5) is 0 Å². The lowest BCUT2D eigenvalue weighted by Gasteiger charge is -2.38. The van der Waals surface area contributed by atoms with Crippen LogP contribution in [0.2, 0.25) is 0 Å². The van der Waals surface area contributed by atoms with E-state index < -0.39 is 6.04 Å². The van der Waals surface area contributed by atoms with Gasteiger partial charge in [0.25, 0.3) is 0 Å². The van der Waals surface area contributed by atoms with Gasteiger partial charge in [0.05, 0.1) is 6.54 Å². The van der Waals surface area contributed by atoms with Crippen LogP contribution >= 0.6 is 0 Å². The molecule has 3 rings (SSSR count). The quantitative estimate of drug-likeness (QED) is 0.823. The first-order valence-electron chi connectivity index (χ1n) is 8.09.